The van der Waals surface area contributed by atoms with Gasteiger partial charge in [-0.05, 0) is 12.1 Å². The van der Waals surface area contributed by atoms with Crippen molar-refractivity contribution >= 4 is 23.5 Å². The summed E-state index contributed by atoms with van der Waals surface area (Å²) in [7, 11) is 3.41. The van der Waals surface area contributed by atoms with Crippen LogP contribution in [0.25, 0.3) is 0 Å². The minimum absolute atomic E-state index is 0.00800. The third kappa shape index (κ3) is 6.38. The van der Waals surface area contributed by atoms with Crippen LogP contribution in [-0.4, -0.2) is 86.6 Å². The highest BCUT2D eigenvalue weighted by molar-refractivity contribution is 6.32. The molecule has 0 spiro atoms. The van der Waals surface area contributed by atoms with Crippen LogP contribution in [-0.2, 0) is 4.79 Å². The number of nitrogens with zero attached hydrogens (tertiary/aromatic N) is 3. The normalized spacial score (nSPS) is 14.8. The number of carbonyl (C=O) groups excluding carboxylic acids is 2. The fourth-order valence-electron chi connectivity index (χ4n) is 2.63. The van der Waals surface area contributed by atoms with E-state index in [1.54, 1.807) is 25.1 Å². The second kappa shape index (κ2) is 10.2. The molecule has 8 heteroatoms. The van der Waals surface area contributed by atoms with Crippen LogP contribution in [0.2, 0.25) is 5.02 Å². The first kappa shape index (κ1) is 20.3. The number of hydrogen-bond acceptors (Lipinski definition) is 4. The van der Waals surface area contributed by atoms with Crippen LogP contribution in [0.5, 0.6) is 5.75 Å². The molecule has 3 amide bonds. The topological polar surface area (TPSA) is 65.1 Å². The van der Waals surface area contributed by atoms with E-state index < -0.39 is 0 Å². The number of ether oxygens (including phenoxy) is 1. The summed E-state index contributed by atoms with van der Waals surface area (Å²) in [4.78, 5) is 29.2. The summed E-state index contributed by atoms with van der Waals surface area (Å²) >= 11 is 6.06. The van der Waals surface area contributed by atoms with Crippen LogP contribution in [0.1, 0.15) is 6.42 Å². The molecule has 1 aliphatic heterocycles. The average Bonchev–Trinajstić information content (AvgIpc) is 2.63. The summed E-state index contributed by atoms with van der Waals surface area (Å²) in [5.41, 5.74) is 0. The molecule has 26 heavy (non-hydrogen) atoms. The largest absolute Gasteiger partial charge is 0.491 e. The van der Waals surface area contributed by atoms with Crippen LogP contribution in [0.3, 0.4) is 0 Å². The maximum Gasteiger partial charge on any atom is 0.317 e. The summed E-state index contributed by atoms with van der Waals surface area (Å²) in [5.74, 6) is 0.702. The molecule has 7 nitrogen and oxygen atoms in total. The van der Waals surface area contributed by atoms with Gasteiger partial charge in [0.2, 0.25) is 5.91 Å². The summed E-state index contributed by atoms with van der Waals surface area (Å²) < 4.78 is 5.71. The Morgan fingerprint density at radius 3 is 2.54 bits per heavy atom. The number of nitrogens with one attached hydrogen (secondary N) is 1. The van der Waals surface area contributed by atoms with Gasteiger partial charge in [0.25, 0.3) is 0 Å². The number of amides is 3. The van der Waals surface area contributed by atoms with E-state index in [1.807, 2.05) is 18.2 Å². The summed E-state index contributed by atoms with van der Waals surface area (Å²) in [5, 5.41) is 3.42. The first-order valence-corrected chi connectivity index (χ1v) is 9.18. The van der Waals surface area contributed by atoms with Gasteiger partial charge in [-0.2, -0.15) is 0 Å². The van der Waals surface area contributed by atoms with Gasteiger partial charge in [-0.3, -0.25) is 9.69 Å². The molecule has 1 aliphatic rings. The number of halogens is 1. The van der Waals surface area contributed by atoms with E-state index in [4.69, 9.17) is 16.3 Å². The molecule has 0 radical (unpaired) electrons. The first-order chi connectivity index (χ1) is 12.5. The maximum absolute atomic E-state index is 12.1. The van der Waals surface area contributed by atoms with Gasteiger partial charge in [0.15, 0.2) is 0 Å². The van der Waals surface area contributed by atoms with Gasteiger partial charge in [0, 0.05) is 59.8 Å². The molecule has 1 N–H and O–H groups in total. The van der Waals surface area contributed by atoms with Gasteiger partial charge < -0.3 is 19.9 Å². The number of rotatable bonds is 7. The number of carbonyl (C=O) groups is 2. The number of benzene rings is 1. The maximum atomic E-state index is 12.1. The SMILES string of the molecule is CN(C)C(=O)CCNC(=O)N1CCN(CCOc2ccccc2Cl)CC1. The van der Waals surface area contributed by atoms with Gasteiger partial charge >= 0.3 is 6.03 Å². The number of para-hydroxylation sites is 1. The van der Waals surface area contributed by atoms with E-state index >= 15 is 0 Å². The van der Waals surface area contributed by atoms with Crippen molar-refractivity contribution < 1.29 is 14.3 Å². The lowest BCUT2D eigenvalue weighted by Crippen LogP contribution is -2.52. The Balaban J connectivity index is 1.61. The molecule has 2 rings (SSSR count). The molecule has 0 unspecified atom stereocenters. The number of piperazine rings is 1. The van der Waals surface area contributed by atoms with Gasteiger partial charge in [0.05, 0.1) is 5.02 Å². The van der Waals surface area contributed by atoms with Gasteiger partial charge in [0.1, 0.15) is 12.4 Å². The molecule has 144 valence electrons. The number of hydrogen-bond donors (Lipinski definition) is 1. The molecular formula is C18H27ClN4O3. The average molecular weight is 383 g/mol. The predicted molar refractivity (Wildman–Crippen MR) is 102 cm³/mol. The third-order valence-electron chi connectivity index (χ3n) is 4.28. The molecule has 1 heterocycles. The highest BCUT2D eigenvalue weighted by atomic mass is 35.5. The van der Waals surface area contributed by atoms with Crippen LogP contribution in [0, 0.1) is 0 Å². The van der Waals surface area contributed by atoms with Gasteiger partial charge in [-0.25, -0.2) is 4.79 Å². The van der Waals surface area contributed by atoms with E-state index in [0.29, 0.717) is 43.4 Å². The Hall–Kier alpha value is -1.99. The van der Waals surface area contributed by atoms with Crippen molar-refractivity contribution in [3.63, 3.8) is 0 Å². The second-order valence-corrected chi connectivity index (χ2v) is 6.78. The zero-order valence-electron chi connectivity index (χ0n) is 15.4. The van der Waals surface area contributed by atoms with Crippen LogP contribution < -0.4 is 10.1 Å². The lowest BCUT2D eigenvalue weighted by atomic mass is 10.3. The molecular weight excluding hydrogens is 356 g/mol. The van der Waals surface area contributed by atoms with Crippen molar-refractivity contribution in [1.29, 1.82) is 0 Å². The van der Waals surface area contributed by atoms with E-state index in [2.05, 4.69) is 10.2 Å². The molecule has 0 aliphatic carbocycles. The quantitative estimate of drug-likeness (QED) is 0.776. The van der Waals surface area contributed by atoms with Crippen molar-refractivity contribution in [2.24, 2.45) is 0 Å². The van der Waals surface area contributed by atoms with Gasteiger partial charge in [-0.1, -0.05) is 23.7 Å². The smallest absolute Gasteiger partial charge is 0.317 e. The molecule has 0 bridgehead atoms. The van der Waals surface area contributed by atoms with E-state index in [1.165, 1.54) is 4.90 Å². The first-order valence-electron chi connectivity index (χ1n) is 8.80. The van der Waals surface area contributed by atoms with Crippen LogP contribution in [0.15, 0.2) is 24.3 Å². The predicted octanol–water partition coefficient (Wildman–Crippen LogP) is 1.52. The Bertz CT molecular complexity index is 604. The van der Waals surface area contributed by atoms with Crippen molar-refractivity contribution in [3.05, 3.63) is 29.3 Å². The van der Waals surface area contributed by atoms with Crippen molar-refractivity contribution in [1.82, 2.24) is 20.0 Å². The summed E-state index contributed by atoms with van der Waals surface area (Å²) in [6, 6.07) is 7.32. The minimum atomic E-state index is -0.108. The Morgan fingerprint density at radius 1 is 1.19 bits per heavy atom. The molecule has 1 aromatic rings. The molecule has 0 aromatic heterocycles. The van der Waals surface area contributed by atoms with E-state index in [-0.39, 0.29) is 11.9 Å². The molecule has 1 saturated heterocycles. The highest BCUT2D eigenvalue weighted by Crippen LogP contribution is 2.22. The van der Waals surface area contributed by atoms with E-state index in [0.717, 1.165) is 19.6 Å². The minimum Gasteiger partial charge on any atom is -0.491 e. The fraction of sp³-hybridized carbons (Fsp3) is 0.556. The summed E-state index contributed by atoms with van der Waals surface area (Å²) in [6.45, 7) is 4.65. The second-order valence-electron chi connectivity index (χ2n) is 6.38. The zero-order valence-corrected chi connectivity index (χ0v) is 16.2. The Kier molecular flexibility index (Phi) is 8.00. The number of urea groups is 1. The summed E-state index contributed by atoms with van der Waals surface area (Å²) in [6.07, 6.45) is 0.318. The third-order valence-corrected chi connectivity index (χ3v) is 4.59. The molecule has 0 saturated carbocycles. The molecule has 1 fully saturated rings. The molecule has 0 atom stereocenters. The monoisotopic (exact) mass is 382 g/mol. The molecule has 1 aromatic carbocycles. The van der Waals surface area contributed by atoms with Crippen LogP contribution in [0.4, 0.5) is 4.79 Å². The lowest BCUT2D eigenvalue weighted by molar-refractivity contribution is -0.128. The van der Waals surface area contributed by atoms with Gasteiger partial charge in [-0.15, -0.1) is 0 Å². The Labute approximate surface area is 159 Å². The van der Waals surface area contributed by atoms with Crippen molar-refractivity contribution in [3.8, 4) is 5.75 Å². The lowest BCUT2D eigenvalue weighted by Gasteiger charge is -2.34. The van der Waals surface area contributed by atoms with Crippen molar-refractivity contribution in [2.75, 3.05) is 60.0 Å². The standard InChI is InChI=1S/C18H27ClN4O3/c1-21(2)17(24)7-8-20-18(25)23-11-9-22(10-12-23)13-14-26-16-6-4-3-5-15(16)19/h3-6H,7-14H2,1-2H3,(H,20,25). The van der Waals surface area contributed by atoms with E-state index in [9.17, 15) is 9.59 Å². The zero-order chi connectivity index (χ0) is 18.9. The van der Waals surface area contributed by atoms with Crippen molar-refractivity contribution in [2.45, 2.75) is 6.42 Å². The fourth-order valence-corrected chi connectivity index (χ4v) is 2.82. The Morgan fingerprint density at radius 2 is 1.88 bits per heavy atom. The van der Waals surface area contributed by atoms with Crippen LogP contribution >= 0.6 is 11.6 Å². The highest BCUT2D eigenvalue weighted by Gasteiger charge is 2.20.